The first-order valence-corrected chi connectivity index (χ1v) is 5.82. The standard InChI is InChI=1S/C12H12N2OS/c1-9(15)14-12-13-8-11(16-12)7-10-5-3-2-4-6-10/h2-6,8H,7H2,1H3,(H,13,14,15). The number of nitrogens with zero attached hydrogens (tertiary/aromatic N) is 1. The molecule has 1 aromatic carbocycles. The van der Waals surface area contributed by atoms with Crippen LogP contribution in [0, 0.1) is 0 Å². The smallest absolute Gasteiger partial charge is 0.223 e. The fourth-order valence-electron chi connectivity index (χ4n) is 1.39. The van der Waals surface area contributed by atoms with Crippen LogP contribution in [0.4, 0.5) is 5.13 Å². The molecule has 4 heteroatoms. The van der Waals surface area contributed by atoms with Gasteiger partial charge >= 0.3 is 0 Å². The van der Waals surface area contributed by atoms with Gasteiger partial charge in [-0.05, 0) is 5.56 Å². The minimum Gasteiger partial charge on any atom is -0.302 e. The summed E-state index contributed by atoms with van der Waals surface area (Å²) < 4.78 is 0. The lowest BCUT2D eigenvalue weighted by Crippen LogP contribution is -2.04. The van der Waals surface area contributed by atoms with Crippen molar-refractivity contribution < 1.29 is 4.79 Å². The van der Waals surface area contributed by atoms with Crippen molar-refractivity contribution in [1.29, 1.82) is 0 Å². The molecule has 2 rings (SSSR count). The van der Waals surface area contributed by atoms with E-state index in [1.165, 1.54) is 23.8 Å². The number of hydrogen-bond donors (Lipinski definition) is 1. The van der Waals surface area contributed by atoms with Gasteiger partial charge in [-0.1, -0.05) is 30.3 Å². The third kappa shape index (κ3) is 2.90. The summed E-state index contributed by atoms with van der Waals surface area (Å²) >= 11 is 1.51. The van der Waals surface area contributed by atoms with E-state index in [0.29, 0.717) is 5.13 Å². The summed E-state index contributed by atoms with van der Waals surface area (Å²) in [6, 6.07) is 10.2. The van der Waals surface area contributed by atoms with Gasteiger partial charge in [0.1, 0.15) is 0 Å². The number of amides is 1. The van der Waals surface area contributed by atoms with Crippen LogP contribution in [-0.2, 0) is 11.2 Å². The molecule has 0 radical (unpaired) electrons. The van der Waals surface area contributed by atoms with Gasteiger partial charge in [-0.3, -0.25) is 4.79 Å². The maximum absolute atomic E-state index is 10.8. The number of nitrogens with one attached hydrogen (secondary N) is 1. The predicted octanol–water partition coefficient (Wildman–Crippen LogP) is 2.69. The minimum atomic E-state index is -0.0828. The molecule has 0 fully saturated rings. The highest BCUT2D eigenvalue weighted by molar-refractivity contribution is 7.15. The molecule has 0 saturated carbocycles. The fraction of sp³-hybridized carbons (Fsp3) is 0.167. The van der Waals surface area contributed by atoms with Crippen molar-refractivity contribution in [3.05, 3.63) is 47.0 Å². The predicted molar refractivity (Wildman–Crippen MR) is 65.7 cm³/mol. The third-order valence-electron chi connectivity index (χ3n) is 2.06. The second-order valence-electron chi connectivity index (χ2n) is 3.48. The van der Waals surface area contributed by atoms with Crippen molar-refractivity contribution >= 4 is 22.4 Å². The van der Waals surface area contributed by atoms with E-state index in [-0.39, 0.29) is 5.91 Å². The number of rotatable bonds is 3. The molecule has 1 aromatic heterocycles. The molecule has 2 aromatic rings. The number of carbonyl (C=O) groups excluding carboxylic acids is 1. The zero-order valence-electron chi connectivity index (χ0n) is 8.93. The van der Waals surface area contributed by atoms with Crippen molar-refractivity contribution in [2.24, 2.45) is 0 Å². The number of benzene rings is 1. The lowest BCUT2D eigenvalue weighted by Gasteiger charge is -1.96. The van der Waals surface area contributed by atoms with Gasteiger partial charge in [0, 0.05) is 24.4 Å². The number of aromatic nitrogens is 1. The van der Waals surface area contributed by atoms with Gasteiger partial charge in [-0.15, -0.1) is 11.3 Å². The molecule has 0 atom stereocenters. The molecule has 0 aliphatic carbocycles. The molecule has 16 heavy (non-hydrogen) atoms. The van der Waals surface area contributed by atoms with Gasteiger partial charge in [-0.2, -0.15) is 0 Å². The second-order valence-corrected chi connectivity index (χ2v) is 4.59. The molecule has 0 aliphatic heterocycles. The third-order valence-corrected chi connectivity index (χ3v) is 2.97. The molecule has 1 N–H and O–H groups in total. The molecule has 1 amide bonds. The first-order chi connectivity index (χ1) is 7.74. The molecule has 1 heterocycles. The zero-order valence-corrected chi connectivity index (χ0v) is 9.75. The minimum absolute atomic E-state index is 0.0828. The van der Waals surface area contributed by atoms with Gasteiger partial charge < -0.3 is 5.32 Å². The van der Waals surface area contributed by atoms with Gasteiger partial charge in [0.15, 0.2) is 5.13 Å². The van der Waals surface area contributed by atoms with Crippen LogP contribution in [0.25, 0.3) is 0 Å². The summed E-state index contributed by atoms with van der Waals surface area (Å²) in [6.07, 6.45) is 2.67. The van der Waals surface area contributed by atoms with E-state index in [2.05, 4.69) is 22.4 Å². The molecule has 0 bridgehead atoms. The average Bonchev–Trinajstić information content (AvgIpc) is 2.66. The van der Waals surface area contributed by atoms with E-state index in [9.17, 15) is 4.79 Å². The van der Waals surface area contributed by atoms with Crippen LogP contribution in [0.3, 0.4) is 0 Å². The summed E-state index contributed by atoms with van der Waals surface area (Å²) in [5.41, 5.74) is 1.25. The molecule has 0 unspecified atom stereocenters. The Hall–Kier alpha value is -1.68. The fourth-order valence-corrected chi connectivity index (χ4v) is 2.29. The highest BCUT2D eigenvalue weighted by Crippen LogP contribution is 2.20. The molecule has 0 spiro atoms. The van der Waals surface area contributed by atoms with E-state index >= 15 is 0 Å². The molecule has 3 nitrogen and oxygen atoms in total. The van der Waals surface area contributed by atoms with E-state index in [4.69, 9.17) is 0 Å². The summed E-state index contributed by atoms with van der Waals surface area (Å²) in [7, 11) is 0. The van der Waals surface area contributed by atoms with Gasteiger partial charge in [0.05, 0.1) is 0 Å². The Morgan fingerprint density at radius 3 is 2.81 bits per heavy atom. The lowest BCUT2D eigenvalue weighted by molar-refractivity contribution is -0.114. The van der Waals surface area contributed by atoms with Crippen LogP contribution >= 0.6 is 11.3 Å². The number of thiazole rings is 1. The summed E-state index contributed by atoms with van der Waals surface area (Å²) in [6.45, 7) is 1.48. The van der Waals surface area contributed by atoms with Crippen molar-refractivity contribution in [3.8, 4) is 0 Å². The summed E-state index contributed by atoms with van der Waals surface area (Å²) in [4.78, 5) is 16.1. The maximum Gasteiger partial charge on any atom is 0.223 e. The molecule has 0 saturated heterocycles. The average molecular weight is 232 g/mol. The van der Waals surface area contributed by atoms with Crippen LogP contribution in [0.2, 0.25) is 0 Å². The van der Waals surface area contributed by atoms with Crippen LogP contribution in [0.5, 0.6) is 0 Å². The van der Waals surface area contributed by atoms with Crippen molar-refractivity contribution in [2.45, 2.75) is 13.3 Å². The van der Waals surface area contributed by atoms with E-state index in [1.807, 2.05) is 24.4 Å². The number of carbonyl (C=O) groups is 1. The molecular weight excluding hydrogens is 220 g/mol. The largest absolute Gasteiger partial charge is 0.302 e. The monoisotopic (exact) mass is 232 g/mol. The van der Waals surface area contributed by atoms with Crippen LogP contribution in [-0.4, -0.2) is 10.9 Å². The van der Waals surface area contributed by atoms with Crippen molar-refractivity contribution in [3.63, 3.8) is 0 Å². The van der Waals surface area contributed by atoms with E-state index < -0.39 is 0 Å². The Balaban J connectivity index is 2.06. The first kappa shape index (κ1) is 10.8. The van der Waals surface area contributed by atoms with E-state index in [0.717, 1.165) is 11.3 Å². The Bertz CT molecular complexity index is 479. The Kier molecular flexibility index (Phi) is 3.31. The Morgan fingerprint density at radius 1 is 1.38 bits per heavy atom. The van der Waals surface area contributed by atoms with E-state index in [1.54, 1.807) is 0 Å². The van der Waals surface area contributed by atoms with Crippen LogP contribution in [0.1, 0.15) is 17.4 Å². The number of anilines is 1. The Labute approximate surface area is 98.2 Å². The maximum atomic E-state index is 10.8. The second kappa shape index (κ2) is 4.90. The molecular formula is C12H12N2OS. The topological polar surface area (TPSA) is 42.0 Å². The summed E-state index contributed by atoms with van der Waals surface area (Å²) in [5, 5.41) is 3.34. The lowest BCUT2D eigenvalue weighted by atomic mass is 10.1. The molecule has 0 aliphatic rings. The molecule has 82 valence electrons. The normalized spacial score (nSPS) is 10.1. The van der Waals surface area contributed by atoms with Crippen LogP contribution < -0.4 is 5.32 Å². The van der Waals surface area contributed by atoms with Crippen LogP contribution in [0.15, 0.2) is 36.5 Å². The van der Waals surface area contributed by atoms with Gasteiger partial charge in [0.2, 0.25) is 5.91 Å². The quantitative estimate of drug-likeness (QED) is 0.884. The highest BCUT2D eigenvalue weighted by Gasteiger charge is 2.03. The number of hydrogen-bond acceptors (Lipinski definition) is 3. The summed E-state index contributed by atoms with van der Waals surface area (Å²) in [5.74, 6) is -0.0828. The Morgan fingerprint density at radius 2 is 2.12 bits per heavy atom. The van der Waals surface area contributed by atoms with Crippen molar-refractivity contribution in [2.75, 3.05) is 5.32 Å². The van der Waals surface area contributed by atoms with Gasteiger partial charge in [-0.25, -0.2) is 4.98 Å². The SMILES string of the molecule is CC(=O)Nc1ncc(Cc2ccccc2)s1. The highest BCUT2D eigenvalue weighted by atomic mass is 32.1. The zero-order chi connectivity index (χ0) is 11.4. The van der Waals surface area contributed by atoms with Gasteiger partial charge in [0.25, 0.3) is 0 Å². The van der Waals surface area contributed by atoms with Crippen molar-refractivity contribution in [1.82, 2.24) is 4.98 Å². The first-order valence-electron chi connectivity index (χ1n) is 5.00.